The minimum absolute atomic E-state index is 0.872. The van der Waals surface area contributed by atoms with Crippen LogP contribution >= 0.6 is 0 Å². The first-order valence-corrected chi connectivity index (χ1v) is 39.2. The zero-order valence-corrected chi connectivity index (χ0v) is 63.2. The second-order valence-electron chi connectivity index (χ2n) is 29.0. The summed E-state index contributed by atoms with van der Waals surface area (Å²) in [4.78, 5) is 30.3. The molecule has 7 heterocycles. The van der Waals surface area contributed by atoms with Crippen LogP contribution in [0.2, 0.25) is 0 Å². The molecule has 0 aliphatic carbocycles. The van der Waals surface area contributed by atoms with Crippen LogP contribution in [-0.4, -0.2) is 29.9 Å². The Labute approximate surface area is 673 Å². The lowest BCUT2D eigenvalue weighted by molar-refractivity contribution is 0.669. The molecule has 0 amide bonds. The van der Waals surface area contributed by atoms with Crippen molar-refractivity contribution in [1.29, 1.82) is 0 Å². The van der Waals surface area contributed by atoms with Crippen LogP contribution in [0.1, 0.15) is 0 Å². The highest BCUT2D eigenvalue weighted by atomic mass is 16.3. The molecule has 0 saturated heterocycles. The Morgan fingerprint density at radius 1 is 0.171 bits per heavy atom. The van der Waals surface area contributed by atoms with Gasteiger partial charge in [0.05, 0.1) is 61.7 Å². The largest absolute Gasteiger partial charge is 0.455 e. The molecule has 9 heteroatoms. The van der Waals surface area contributed by atoms with Gasteiger partial charge >= 0.3 is 0 Å². The van der Waals surface area contributed by atoms with Crippen molar-refractivity contribution in [3.8, 4) is 123 Å². The summed E-state index contributed by atoms with van der Waals surface area (Å²) in [6.45, 7) is 0. The first-order chi connectivity index (χ1) is 58.0. The number of aromatic nitrogens is 6. The maximum absolute atomic E-state index is 6.30. The highest BCUT2D eigenvalue weighted by Crippen LogP contribution is 2.43. The summed E-state index contributed by atoms with van der Waals surface area (Å²) < 4.78 is 18.8. The molecular weight excluding hydrogens is 1430 g/mol. The van der Waals surface area contributed by atoms with E-state index in [4.69, 9.17) is 38.2 Å². The molecule has 7 aromatic heterocycles. The number of hydrogen-bond acceptors (Lipinski definition) is 9. The van der Waals surface area contributed by atoms with Crippen molar-refractivity contribution in [2.24, 2.45) is 0 Å². The van der Waals surface area contributed by atoms with E-state index in [9.17, 15) is 0 Å². The highest BCUT2D eigenvalue weighted by Gasteiger charge is 2.21. The second-order valence-corrected chi connectivity index (χ2v) is 29.0. The fourth-order valence-corrected chi connectivity index (χ4v) is 16.2. The normalized spacial score (nSPS) is 11.4. The van der Waals surface area contributed by atoms with Gasteiger partial charge in [0, 0.05) is 99.5 Å². The summed E-state index contributed by atoms with van der Waals surface area (Å²) in [6.07, 6.45) is 1.83. The van der Waals surface area contributed by atoms with Gasteiger partial charge in [-0.1, -0.05) is 352 Å². The molecular formula is C108H68N6O3. The first kappa shape index (κ1) is 69.1. The number of nitrogens with zero attached hydrogens (tertiary/aromatic N) is 6. The Morgan fingerprint density at radius 3 is 0.957 bits per heavy atom. The molecule has 0 unspecified atom stereocenters. The van der Waals surface area contributed by atoms with E-state index >= 15 is 0 Å². The minimum atomic E-state index is 0.872. The number of hydrogen-bond donors (Lipinski definition) is 0. The van der Waals surface area contributed by atoms with Crippen LogP contribution < -0.4 is 0 Å². The van der Waals surface area contributed by atoms with Crippen LogP contribution in [0.4, 0.5) is 0 Å². The predicted molar refractivity (Wildman–Crippen MR) is 480 cm³/mol. The summed E-state index contributed by atoms with van der Waals surface area (Å²) in [7, 11) is 0. The quantitative estimate of drug-likeness (QED) is 0.125. The lowest BCUT2D eigenvalue weighted by atomic mass is 9.97. The van der Waals surface area contributed by atoms with Gasteiger partial charge in [-0.05, 0) is 88.0 Å². The molecule has 23 aromatic rings. The van der Waals surface area contributed by atoms with E-state index in [0.29, 0.717) is 0 Å². The number of furan rings is 3. The summed E-state index contributed by atoms with van der Waals surface area (Å²) >= 11 is 0. The number of para-hydroxylation sites is 7. The SMILES string of the molecule is c1ccc(-c2nc(-c3ccc(-c4cccc5c4oc4ccccc45)cc3)cc3ncccc23)cc1.c1ccc(-c2nc3ccc(-c4ccc(-c5cccc6c5oc5ccccc56)cc4)cc3nc2-c2ccccc2)cc1.c1ccc(-c2nc3cccc(-c4ccc(-c5cccc6c5oc5ccccc56)cc4)c3nc2-c2ccccc2)cc1. The topological polar surface area (TPSA) is 117 Å². The molecule has 0 N–H and O–H groups in total. The Morgan fingerprint density at radius 2 is 0.504 bits per heavy atom. The van der Waals surface area contributed by atoms with Gasteiger partial charge in [-0.25, -0.2) is 24.9 Å². The zero-order chi connectivity index (χ0) is 77.5. The fourth-order valence-electron chi connectivity index (χ4n) is 16.2. The van der Waals surface area contributed by atoms with E-state index in [1.807, 2.05) is 152 Å². The lowest BCUT2D eigenvalue weighted by Crippen LogP contribution is -1.97. The van der Waals surface area contributed by atoms with Crippen molar-refractivity contribution >= 4 is 98.8 Å². The molecule has 117 heavy (non-hydrogen) atoms. The van der Waals surface area contributed by atoms with E-state index in [1.54, 1.807) is 0 Å². The summed E-state index contributed by atoms with van der Waals surface area (Å²) in [5.41, 5.74) is 32.7. The van der Waals surface area contributed by atoms with Crippen LogP contribution in [0.5, 0.6) is 0 Å². The Balaban J connectivity index is 0.000000110. The zero-order valence-electron chi connectivity index (χ0n) is 63.2. The fraction of sp³-hybridized carbons (Fsp3) is 0. The van der Waals surface area contributed by atoms with Crippen molar-refractivity contribution in [3.05, 3.63) is 413 Å². The van der Waals surface area contributed by atoms with Gasteiger partial charge in [-0.3, -0.25) is 4.98 Å². The third-order valence-corrected chi connectivity index (χ3v) is 21.9. The van der Waals surface area contributed by atoms with Gasteiger partial charge in [-0.2, -0.15) is 0 Å². The van der Waals surface area contributed by atoms with Gasteiger partial charge in [0.25, 0.3) is 0 Å². The van der Waals surface area contributed by atoms with Gasteiger partial charge in [-0.15, -0.1) is 0 Å². The molecule has 16 aromatic carbocycles. The maximum Gasteiger partial charge on any atom is 0.143 e. The highest BCUT2D eigenvalue weighted by molar-refractivity contribution is 6.12. The van der Waals surface area contributed by atoms with Crippen molar-refractivity contribution in [3.63, 3.8) is 0 Å². The Kier molecular flexibility index (Phi) is 17.7. The van der Waals surface area contributed by atoms with Gasteiger partial charge in [0.2, 0.25) is 0 Å². The van der Waals surface area contributed by atoms with Crippen LogP contribution in [0, 0.1) is 0 Å². The van der Waals surface area contributed by atoms with Gasteiger partial charge in [0.1, 0.15) is 33.5 Å². The molecule has 548 valence electrons. The summed E-state index contributed by atoms with van der Waals surface area (Å²) in [5.74, 6) is 0. The summed E-state index contributed by atoms with van der Waals surface area (Å²) in [5, 5.41) is 7.88. The number of rotatable bonds is 11. The molecule has 0 atom stereocenters. The number of pyridine rings is 2. The molecule has 0 aliphatic rings. The molecule has 0 spiro atoms. The number of fused-ring (bicyclic) bond motifs is 12. The molecule has 0 bridgehead atoms. The van der Waals surface area contributed by atoms with E-state index in [2.05, 4.69) is 266 Å². The lowest BCUT2D eigenvalue weighted by Gasteiger charge is -2.13. The average Bonchev–Trinajstić information content (AvgIpc) is 1.60. The molecule has 0 aliphatic heterocycles. The molecule has 0 fully saturated rings. The van der Waals surface area contributed by atoms with Crippen molar-refractivity contribution in [2.75, 3.05) is 0 Å². The second kappa shape index (κ2) is 30.0. The standard InChI is InChI=1S/2C38H24N2O.C32H20N2O/c1-3-11-27(12-4-1)35-36(28-13-5-2-6-14-28)40-37-29(16-10-19-33(37)39-35)25-21-23-26(24-22-25)30-17-9-18-32-31-15-7-8-20-34(31)41-38(30)32;1-3-10-27(11-4-1)36-37(28-12-5-2-6-13-28)40-34-24-29(22-23-33(34)39-36)25-18-20-26(21-19-25)30-15-9-16-32-31-14-7-8-17-35(31)41-38(30)32;1-2-8-23(9-3-1)31-27-13-7-19-33-29(27)20-28(34-31)22-17-15-21(16-18-22)24-11-6-12-26-25-10-4-5-14-30(25)35-32(24)26/h2*1-24H;1-20H. The third-order valence-electron chi connectivity index (χ3n) is 21.9. The Bertz CT molecular complexity index is 7600. The smallest absolute Gasteiger partial charge is 0.143 e. The van der Waals surface area contributed by atoms with Crippen molar-refractivity contribution in [1.82, 2.24) is 29.9 Å². The maximum atomic E-state index is 6.30. The predicted octanol–water partition coefficient (Wildman–Crippen LogP) is 28.9. The van der Waals surface area contributed by atoms with Gasteiger partial charge in [0.15, 0.2) is 0 Å². The van der Waals surface area contributed by atoms with Crippen LogP contribution in [0.25, 0.3) is 222 Å². The molecule has 0 saturated carbocycles. The van der Waals surface area contributed by atoms with Crippen LogP contribution in [0.15, 0.2) is 426 Å². The number of benzene rings is 16. The van der Waals surface area contributed by atoms with Crippen molar-refractivity contribution < 1.29 is 13.3 Å². The molecule has 0 radical (unpaired) electrons. The average molecular weight is 1500 g/mol. The van der Waals surface area contributed by atoms with E-state index in [-0.39, 0.29) is 0 Å². The molecule has 23 rings (SSSR count). The first-order valence-electron chi connectivity index (χ1n) is 39.2. The molecule has 9 nitrogen and oxygen atoms in total. The minimum Gasteiger partial charge on any atom is -0.455 e. The summed E-state index contributed by atoms with van der Waals surface area (Å²) in [6, 6.07) is 140. The van der Waals surface area contributed by atoms with Gasteiger partial charge < -0.3 is 13.3 Å². The van der Waals surface area contributed by atoms with E-state index < -0.39 is 0 Å². The van der Waals surface area contributed by atoms with Crippen molar-refractivity contribution in [2.45, 2.75) is 0 Å². The van der Waals surface area contributed by atoms with E-state index in [1.165, 1.54) is 0 Å². The monoisotopic (exact) mass is 1500 g/mol. The van der Waals surface area contributed by atoms with Crippen LogP contribution in [-0.2, 0) is 0 Å². The van der Waals surface area contributed by atoms with Crippen LogP contribution in [0.3, 0.4) is 0 Å². The Hall–Kier alpha value is -15.8. The van der Waals surface area contributed by atoms with E-state index in [0.717, 1.165) is 222 Å². The third kappa shape index (κ3) is 13.1.